The fourth-order valence-electron chi connectivity index (χ4n) is 2.82. The first kappa shape index (κ1) is 15.9. The lowest BCUT2D eigenvalue weighted by molar-refractivity contribution is 0.275. The Balaban J connectivity index is 2.00. The van der Waals surface area contributed by atoms with Gasteiger partial charge in [-0.1, -0.05) is 18.2 Å². The predicted molar refractivity (Wildman–Crippen MR) is 89.8 cm³/mol. The molecule has 1 aromatic carbocycles. The fourth-order valence-corrected chi connectivity index (χ4v) is 6.31. The van der Waals surface area contributed by atoms with Crippen LogP contribution in [0.25, 0.3) is 10.1 Å². The summed E-state index contributed by atoms with van der Waals surface area (Å²) in [6.45, 7) is 2.49. The highest BCUT2D eigenvalue weighted by Crippen LogP contribution is 2.39. The number of sulfonamides is 1. The highest BCUT2D eigenvalue weighted by molar-refractivity contribution is 7.89. The maximum atomic E-state index is 13.2. The summed E-state index contributed by atoms with van der Waals surface area (Å²) < 4.78 is 29.0. The van der Waals surface area contributed by atoms with Crippen LogP contribution in [0.5, 0.6) is 0 Å². The quantitative estimate of drug-likeness (QED) is 0.789. The van der Waals surface area contributed by atoms with Gasteiger partial charge in [0.1, 0.15) is 4.90 Å². The molecule has 3 rings (SSSR count). The standard InChI is InChI=1S/C16H21NO3S2/c1-12-16(14-6-2-3-7-15(14)21-12)22(19,20)17(13-8-9-13)10-4-5-11-18/h2-3,6-7,13,18H,4-5,8-11H2,1H3. The zero-order valence-corrected chi connectivity index (χ0v) is 14.3. The maximum absolute atomic E-state index is 13.2. The number of thiophene rings is 1. The second kappa shape index (κ2) is 6.28. The van der Waals surface area contributed by atoms with Crippen molar-refractivity contribution in [2.75, 3.05) is 13.2 Å². The molecule has 1 aliphatic carbocycles. The number of hydrogen-bond donors (Lipinski definition) is 1. The minimum Gasteiger partial charge on any atom is -0.396 e. The van der Waals surface area contributed by atoms with Gasteiger partial charge in [0.05, 0.1) is 0 Å². The van der Waals surface area contributed by atoms with Crippen molar-refractivity contribution >= 4 is 31.4 Å². The second-order valence-electron chi connectivity index (χ2n) is 5.76. The van der Waals surface area contributed by atoms with Crippen LogP contribution in [0.15, 0.2) is 29.2 Å². The van der Waals surface area contributed by atoms with Gasteiger partial charge < -0.3 is 5.11 Å². The molecular weight excluding hydrogens is 318 g/mol. The number of aryl methyl sites for hydroxylation is 1. The van der Waals surface area contributed by atoms with Crippen LogP contribution in [0.2, 0.25) is 0 Å². The number of unbranched alkanes of at least 4 members (excludes halogenated alkanes) is 1. The molecule has 120 valence electrons. The van der Waals surface area contributed by atoms with Crippen LogP contribution in [0.1, 0.15) is 30.6 Å². The molecule has 2 aromatic rings. The summed E-state index contributed by atoms with van der Waals surface area (Å²) in [5, 5.41) is 9.77. The van der Waals surface area contributed by atoms with Gasteiger partial charge in [-0.3, -0.25) is 0 Å². The summed E-state index contributed by atoms with van der Waals surface area (Å²) in [5.74, 6) is 0. The monoisotopic (exact) mass is 339 g/mol. The van der Waals surface area contributed by atoms with Crippen molar-refractivity contribution in [3.05, 3.63) is 29.1 Å². The molecule has 1 aromatic heterocycles. The minimum atomic E-state index is -3.47. The highest BCUT2D eigenvalue weighted by Gasteiger charge is 2.39. The van der Waals surface area contributed by atoms with Crippen molar-refractivity contribution in [3.8, 4) is 0 Å². The Bertz CT molecular complexity index is 763. The molecule has 0 aliphatic heterocycles. The van der Waals surface area contributed by atoms with Gasteiger partial charge >= 0.3 is 0 Å². The Kier molecular flexibility index (Phi) is 4.54. The SMILES string of the molecule is Cc1sc2ccccc2c1S(=O)(=O)N(CCCCO)C1CC1. The molecule has 4 nitrogen and oxygen atoms in total. The van der Waals surface area contributed by atoms with Crippen molar-refractivity contribution in [2.24, 2.45) is 0 Å². The Morgan fingerprint density at radius 1 is 1.27 bits per heavy atom. The molecule has 0 unspecified atom stereocenters. The average molecular weight is 339 g/mol. The molecule has 1 fully saturated rings. The van der Waals surface area contributed by atoms with Crippen molar-refractivity contribution < 1.29 is 13.5 Å². The van der Waals surface area contributed by atoms with Crippen LogP contribution in [-0.2, 0) is 10.0 Å². The smallest absolute Gasteiger partial charge is 0.245 e. The van der Waals surface area contributed by atoms with Gasteiger partial charge in [-0.2, -0.15) is 4.31 Å². The van der Waals surface area contributed by atoms with E-state index in [-0.39, 0.29) is 12.6 Å². The molecule has 22 heavy (non-hydrogen) atoms. The molecule has 0 radical (unpaired) electrons. The van der Waals surface area contributed by atoms with Crippen molar-refractivity contribution in [3.63, 3.8) is 0 Å². The van der Waals surface area contributed by atoms with Crippen LogP contribution in [0.4, 0.5) is 0 Å². The van der Waals surface area contributed by atoms with E-state index < -0.39 is 10.0 Å². The second-order valence-corrected chi connectivity index (χ2v) is 8.84. The zero-order chi connectivity index (χ0) is 15.7. The van der Waals surface area contributed by atoms with Crippen LogP contribution >= 0.6 is 11.3 Å². The number of fused-ring (bicyclic) bond motifs is 1. The first-order chi connectivity index (χ1) is 10.6. The van der Waals surface area contributed by atoms with E-state index in [0.717, 1.165) is 27.8 Å². The Morgan fingerprint density at radius 3 is 2.68 bits per heavy atom. The Hall–Kier alpha value is -0.950. The molecule has 1 saturated carbocycles. The first-order valence-electron chi connectivity index (χ1n) is 7.66. The van der Waals surface area contributed by atoms with Gasteiger partial charge in [0.2, 0.25) is 10.0 Å². The van der Waals surface area contributed by atoms with E-state index in [1.54, 1.807) is 4.31 Å². The van der Waals surface area contributed by atoms with E-state index in [1.807, 2.05) is 31.2 Å². The molecule has 1 N–H and O–H groups in total. The number of nitrogens with zero attached hydrogens (tertiary/aromatic N) is 1. The number of aliphatic hydroxyl groups is 1. The topological polar surface area (TPSA) is 57.6 Å². The summed E-state index contributed by atoms with van der Waals surface area (Å²) in [6, 6.07) is 7.83. The fraction of sp³-hybridized carbons (Fsp3) is 0.500. The van der Waals surface area contributed by atoms with E-state index in [4.69, 9.17) is 5.11 Å². The van der Waals surface area contributed by atoms with E-state index in [2.05, 4.69) is 0 Å². The van der Waals surface area contributed by atoms with Gasteiger partial charge in [0.15, 0.2) is 0 Å². The van der Waals surface area contributed by atoms with Gasteiger partial charge in [0.25, 0.3) is 0 Å². The lowest BCUT2D eigenvalue weighted by Crippen LogP contribution is -2.34. The van der Waals surface area contributed by atoms with Crippen molar-refractivity contribution in [1.82, 2.24) is 4.31 Å². The average Bonchev–Trinajstić information content (AvgIpc) is 3.24. The lowest BCUT2D eigenvalue weighted by Gasteiger charge is -2.22. The van der Waals surface area contributed by atoms with E-state index in [1.165, 1.54) is 11.3 Å². The molecule has 0 bridgehead atoms. The zero-order valence-electron chi connectivity index (χ0n) is 12.7. The van der Waals surface area contributed by atoms with E-state index in [9.17, 15) is 8.42 Å². The Morgan fingerprint density at radius 2 is 2.00 bits per heavy atom. The molecular formula is C16H21NO3S2. The van der Waals surface area contributed by atoms with Crippen molar-refractivity contribution in [1.29, 1.82) is 0 Å². The van der Waals surface area contributed by atoms with Gasteiger partial charge in [-0.05, 0) is 38.7 Å². The highest BCUT2D eigenvalue weighted by atomic mass is 32.2. The molecule has 1 aliphatic rings. The summed E-state index contributed by atoms with van der Waals surface area (Å²) in [4.78, 5) is 1.33. The third kappa shape index (κ3) is 2.93. The summed E-state index contributed by atoms with van der Waals surface area (Å²) in [6.07, 6.45) is 3.23. The van der Waals surface area contributed by atoms with Crippen LogP contribution in [0, 0.1) is 6.92 Å². The minimum absolute atomic E-state index is 0.110. The molecule has 0 saturated heterocycles. The third-order valence-corrected chi connectivity index (χ3v) is 7.38. The van der Waals surface area contributed by atoms with Gasteiger partial charge in [-0.25, -0.2) is 8.42 Å². The van der Waals surface area contributed by atoms with Crippen LogP contribution < -0.4 is 0 Å². The number of aliphatic hydroxyl groups excluding tert-OH is 1. The summed E-state index contributed by atoms with van der Waals surface area (Å²) in [5.41, 5.74) is 0. The van der Waals surface area contributed by atoms with Crippen molar-refractivity contribution in [2.45, 2.75) is 43.5 Å². The molecule has 0 amide bonds. The molecule has 0 spiro atoms. The van der Waals surface area contributed by atoms with Crippen LogP contribution in [0.3, 0.4) is 0 Å². The third-order valence-electron chi connectivity index (χ3n) is 4.02. The summed E-state index contributed by atoms with van der Waals surface area (Å²) >= 11 is 1.54. The number of rotatable bonds is 7. The van der Waals surface area contributed by atoms with Gasteiger partial charge in [0, 0.05) is 34.2 Å². The predicted octanol–water partition coefficient (Wildman–Crippen LogP) is 3.14. The largest absolute Gasteiger partial charge is 0.396 e. The van der Waals surface area contributed by atoms with Gasteiger partial charge in [-0.15, -0.1) is 11.3 Å². The molecule has 1 heterocycles. The van der Waals surface area contributed by atoms with E-state index >= 15 is 0 Å². The Labute approximate surface area is 135 Å². The molecule has 6 heteroatoms. The summed E-state index contributed by atoms with van der Waals surface area (Å²) in [7, 11) is -3.47. The first-order valence-corrected chi connectivity index (χ1v) is 9.92. The van der Waals surface area contributed by atoms with E-state index in [0.29, 0.717) is 24.3 Å². The van der Waals surface area contributed by atoms with Crippen LogP contribution in [-0.4, -0.2) is 37.0 Å². The number of hydrogen-bond acceptors (Lipinski definition) is 4. The number of benzene rings is 1. The molecule has 0 atom stereocenters. The normalized spacial score (nSPS) is 15.8. The lowest BCUT2D eigenvalue weighted by atomic mass is 10.2. The maximum Gasteiger partial charge on any atom is 0.245 e.